The average Bonchev–Trinajstić information content (AvgIpc) is 2.78. The number of hydrogen-bond donors (Lipinski definition) is 2. The van der Waals surface area contributed by atoms with Crippen molar-refractivity contribution < 1.29 is 32.7 Å². The van der Waals surface area contributed by atoms with Gasteiger partial charge in [-0.05, 0) is 17.7 Å². The second kappa shape index (κ2) is 9.47. The summed E-state index contributed by atoms with van der Waals surface area (Å²) in [5.74, 6) is -2.74. The van der Waals surface area contributed by atoms with Crippen molar-refractivity contribution in [2.24, 2.45) is 0 Å². The van der Waals surface area contributed by atoms with Gasteiger partial charge in [0.1, 0.15) is 6.04 Å². The molecule has 2 N–H and O–H groups in total. The number of nitrogens with one attached hydrogen (secondary N) is 1. The monoisotopic (exact) mass is 441 g/mol. The summed E-state index contributed by atoms with van der Waals surface area (Å²) < 4.78 is 39.5. The second-order valence-electron chi connectivity index (χ2n) is 7.00. The Hall–Kier alpha value is -3.94. The average molecular weight is 441 g/mol. The summed E-state index contributed by atoms with van der Waals surface area (Å²) in [5.41, 5.74) is -0.416. The van der Waals surface area contributed by atoms with Crippen molar-refractivity contribution in [2.75, 3.05) is 0 Å². The highest BCUT2D eigenvalue weighted by Gasteiger charge is 2.35. The summed E-state index contributed by atoms with van der Waals surface area (Å²) in [6.07, 6.45) is -4.93. The van der Waals surface area contributed by atoms with Crippen LogP contribution in [0, 0.1) is 0 Å². The van der Waals surface area contributed by atoms with E-state index in [1.165, 1.54) is 18.2 Å². The molecule has 0 spiro atoms. The molecule has 32 heavy (non-hydrogen) atoms. The van der Waals surface area contributed by atoms with Crippen LogP contribution in [0.2, 0.25) is 0 Å². The van der Waals surface area contributed by atoms with Gasteiger partial charge in [0, 0.05) is 17.5 Å². The van der Waals surface area contributed by atoms with E-state index in [2.05, 4.69) is 5.32 Å². The zero-order valence-corrected chi connectivity index (χ0v) is 16.6. The number of benzene rings is 3. The smallest absolute Gasteiger partial charge is 0.417 e. The van der Waals surface area contributed by atoms with E-state index in [0.717, 1.165) is 18.2 Å². The Morgan fingerprint density at radius 1 is 0.812 bits per heavy atom. The molecule has 0 aliphatic heterocycles. The van der Waals surface area contributed by atoms with Crippen molar-refractivity contribution in [2.45, 2.75) is 18.6 Å². The first-order chi connectivity index (χ1) is 15.2. The molecule has 0 aliphatic carbocycles. The molecule has 0 heterocycles. The van der Waals surface area contributed by atoms with E-state index in [-0.39, 0.29) is 12.2 Å². The number of hydrogen-bond acceptors (Lipinski definition) is 3. The van der Waals surface area contributed by atoms with E-state index < -0.39 is 35.2 Å². The SMILES string of the molecule is O=C(c1ccccc1)c1ccc(C[C@@H](NC(=O)c2ccccc2C(F)(F)F)C(=O)O)cc1. The molecule has 3 rings (SSSR count). The maximum Gasteiger partial charge on any atom is 0.417 e. The number of aliphatic carboxylic acids is 1. The zero-order chi connectivity index (χ0) is 23.3. The largest absolute Gasteiger partial charge is 0.480 e. The number of carbonyl (C=O) groups excluding carboxylic acids is 2. The lowest BCUT2D eigenvalue weighted by Crippen LogP contribution is -2.42. The molecule has 0 saturated carbocycles. The minimum absolute atomic E-state index is 0.172. The Bertz CT molecular complexity index is 1130. The van der Waals surface area contributed by atoms with Gasteiger partial charge in [-0.15, -0.1) is 0 Å². The molecular weight excluding hydrogens is 423 g/mol. The lowest BCUT2D eigenvalue weighted by molar-refractivity contribution is -0.139. The molecule has 1 amide bonds. The van der Waals surface area contributed by atoms with E-state index in [0.29, 0.717) is 16.7 Å². The Labute approximate surface area is 181 Å². The van der Waals surface area contributed by atoms with Crippen molar-refractivity contribution in [3.8, 4) is 0 Å². The van der Waals surface area contributed by atoms with Gasteiger partial charge < -0.3 is 10.4 Å². The minimum Gasteiger partial charge on any atom is -0.480 e. The molecular formula is C24H18F3NO4. The zero-order valence-electron chi connectivity index (χ0n) is 16.6. The summed E-state index contributed by atoms with van der Waals surface area (Å²) in [6, 6.07) is 17.4. The van der Waals surface area contributed by atoms with Crippen LogP contribution >= 0.6 is 0 Å². The number of carboxylic acid groups (broad SMARTS) is 1. The first-order valence-corrected chi connectivity index (χ1v) is 9.55. The third-order valence-electron chi connectivity index (χ3n) is 4.77. The maximum absolute atomic E-state index is 13.2. The molecule has 0 unspecified atom stereocenters. The van der Waals surface area contributed by atoms with Crippen molar-refractivity contribution >= 4 is 17.7 Å². The van der Waals surface area contributed by atoms with Crippen LogP contribution in [0.15, 0.2) is 78.9 Å². The third kappa shape index (κ3) is 5.40. The molecule has 0 aromatic heterocycles. The molecule has 8 heteroatoms. The van der Waals surface area contributed by atoms with E-state index in [9.17, 15) is 32.7 Å². The molecule has 0 aliphatic rings. The topological polar surface area (TPSA) is 83.5 Å². The molecule has 3 aromatic carbocycles. The Kier molecular flexibility index (Phi) is 6.73. The fraction of sp³-hybridized carbons (Fsp3) is 0.125. The van der Waals surface area contributed by atoms with Crippen LogP contribution in [0.25, 0.3) is 0 Å². The normalized spacial score (nSPS) is 12.1. The number of amides is 1. The van der Waals surface area contributed by atoms with E-state index in [4.69, 9.17) is 0 Å². The van der Waals surface area contributed by atoms with E-state index in [1.807, 2.05) is 0 Å². The van der Waals surface area contributed by atoms with Crippen molar-refractivity contribution in [3.63, 3.8) is 0 Å². The van der Waals surface area contributed by atoms with Gasteiger partial charge in [-0.3, -0.25) is 9.59 Å². The first-order valence-electron chi connectivity index (χ1n) is 9.55. The fourth-order valence-corrected chi connectivity index (χ4v) is 3.15. The van der Waals surface area contributed by atoms with Gasteiger partial charge in [0.25, 0.3) is 5.91 Å². The lowest BCUT2D eigenvalue weighted by atomic mass is 9.99. The number of ketones is 1. The molecule has 0 radical (unpaired) electrons. The standard InChI is InChI=1S/C24H18F3NO4/c25-24(26,27)19-9-5-4-8-18(19)22(30)28-20(23(31)32)14-15-10-12-17(13-11-15)21(29)16-6-2-1-3-7-16/h1-13,20H,14H2,(H,28,30)(H,31,32)/t20-/m1/s1. The second-order valence-corrected chi connectivity index (χ2v) is 7.00. The first kappa shape index (κ1) is 22.7. The fourth-order valence-electron chi connectivity index (χ4n) is 3.15. The Balaban J connectivity index is 1.75. The highest BCUT2D eigenvalue weighted by molar-refractivity contribution is 6.09. The van der Waals surface area contributed by atoms with Gasteiger partial charge >= 0.3 is 12.1 Å². The van der Waals surface area contributed by atoms with Crippen LogP contribution < -0.4 is 5.32 Å². The minimum atomic E-state index is -4.76. The van der Waals surface area contributed by atoms with E-state index in [1.54, 1.807) is 42.5 Å². The van der Waals surface area contributed by atoms with Crippen molar-refractivity contribution in [3.05, 3.63) is 107 Å². The summed E-state index contributed by atoms with van der Waals surface area (Å²) in [6.45, 7) is 0. The maximum atomic E-state index is 13.2. The number of carbonyl (C=O) groups is 3. The van der Waals surface area contributed by atoms with Crippen LogP contribution in [0.5, 0.6) is 0 Å². The molecule has 0 fully saturated rings. The predicted molar refractivity (Wildman–Crippen MR) is 110 cm³/mol. The molecule has 0 bridgehead atoms. The van der Waals surface area contributed by atoms with Crippen LogP contribution in [-0.4, -0.2) is 28.8 Å². The molecule has 1 atom stereocenters. The van der Waals surface area contributed by atoms with Gasteiger partial charge in [-0.1, -0.05) is 66.7 Å². The number of halogens is 3. The summed E-state index contributed by atoms with van der Waals surface area (Å²) in [5, 5.41) is 11.6. The van der Waals surface area contributed by atoms with Crippen LogP contribution in [-0.2, 0) is 17.4 Å². The van der Waals surface area contributed by atoms with Crippen LogP contribution in [0.3, 0.4) is 0 Å². The number of rotatable bonds is 7. The molecule has 5 nitrogen and oxygen atoms in total. The van der Waals surface area contributed by atoms with Crippen molar-refractivity contribution in [1.82, 2.24) is 5.32 Å². The van der Waals surface area contributed by atoms with E-state index >= 15 is 0 Å². The Morgan fingerprint density at radius 2 is 1.38 bits per heavy atom. The van der Waals surface area contributed by atoms with Crippen LogP contribution in [0.4, 0.5) is 13.2 Å². The Morgan fingerprint density at radius 3 is 1.97 bits per heavy atom. The highest BCUT2D eigenvalue weighted by atomic mass is 19.4. The highest BCUT2D eigenvalue weighted by Crippen LogP contribution is 2.31. The van der Waals surface area contributed by atoms with Gasteiger partial charge in [0.05, 0.1) is 11.1 Å². The van der Waals surface area contributed by atoms with Gasteiger partial charge in [-0.2, -0.15) is 13.2 Å². The summed E-state index contributed by atoms with van der Waals surface area (Å²) >= 11 is 0. The molecule has 164 valence electrons. The molecule has 3 aromatic rings. The van der Waals surface area contributed by atoms with Crippen LogP contribution in [0.1, 0.15) is 37.4 Å². The lowest BCUT2D eigenvalue weighted by Gasteiger charge is -2.17. The number of carboxylic acids is 1. The predicted octanol–water partition coefficient (Wildman–Crippen LogP) is 4.36. The third-order valence-corrected chi connectivity index (χ3v) is 4.77. The summed E-state index contributed by atoms with van der Waals surface area (Å²) in [4.78, 5) is 36.5. The quantitative estimate of drug-likeness (QED) is 0.534. The van der Waals surface area contributed by atoms with Gasteiger partial charge in [0.2, 0.25) is 0 Å². The summed E-state index contributed by atoms with van der Waals surface area (Å²) in [7, 11) is 0. The number of alkyl halides is 3. The molecule has 0 saturated heterocycles. The van der Waals surface area contributed by atoms with Gasteiger partial charge in [0.15, 0.2) is 5.78 Å². The van der Waals surface area contributed by atoms with Crippen molar-refractivity contribution in [1.29, 1.82) is 0 Å². The van der Waals surface area contributed by atoms with Gasteiger partial charge in [-0.25, -0.2) is 4.79 Å².